The van der Waals surface area contributed by atoms with E-state index in [0.29, 0.717) is 0 Å². The average molecular weight is 276 g/mol. The van der Waals surface area contributed by atoms with E-state index in [1.807, 2.05) is 43.3 Å². The van der Waals surface area contributed by atoms with E-state index in [4.69, 9.17) is 0 Å². The molecule has 0 saturated carbocycles. The molecule has 20 heavy (non-hydrogen) atoms. The SMILES string of the molecule is CNC(c1cccc(N(C)C)c1)c1c(F)cccc1F. The Labute approximate surface area is 118 Å². The van der Waals surface area contributed by atoms with Gasteiger partial charge in [0.25, 0.3) is 0 Å². The van der Waals surface area contributed by atoms with E-state index in [1.54, 1.807) is 7.05 Å². The van der Waals surface area contributed by atoms with Crippen molar-refractivity contribution in [1.82, 2.24) is 5.32 Å². The summed E-state index contributed by atoms with van der Waals surface area (Å²) in [6.45, 7) is 0. The third kappa shape index (κ3) is 2.80. The van der Waals surface area contributed by atoms with Crippen LogP contribution in [0.15, 0.2) is 42.5 Å². The molecule has 0 spiro atoms. The molecule has 0 aliphatic heterocycles. The van der Waals surface area contributed by atoms with Gasteiger partial charge < -0.3 is 10.2 Å². The van der Waals surface area contributed by atoms with Crippen LogP contribution >= 0.6 is 0 Å². The van der Waals surface area contributed by atoms with Crippen LogP contribution in [0.4, 0.5) is 14.5 Å². The minimum Gasteiger partial charge on any atom is -0.378 e. The van der Waals surface area contributed by atoms with Crippen LogP contribution in [-0.4, -0.2) is 21.1 Å². The lowest BCUT2D eigenvalue weighted by molar-refractivity contribution is 0.522. The van der Waals surface area contributed by atoms with Gasteiger partial charge in [-0.2, -0.15) is 0 Å². The summed E-state index contributed by atoms with van der Waals surface area (Å²) < 4.78 is 27.9. The van der Waals surface area contributed by atoms with E-state index >= 15 is 0 Å². The number of rotatable bonds is 4. The summed E-state index contributed by atoms with van der Waals surface area (Å²) >= 11 is 0. The number of nitrogens with zero attached hydrogens (tertiary/aromatic N) is 1. The molecule has 0 fully saturated rings. The van der Waals surface area contributed by atoms with Gasteiger partial charge in [0, 0.05) is 25.3 Å². The third-order valence-electron chi connectivity index (χ3n) is 3.30. The van der Waals surface area contributed by atoms with Gasteiger partial charge in [-0.3, -0.25) is 0 Å². The van der Waals surface area contributed by atoms with Crippen LogP contribution in [0, 0.1) is 11.6 Å². The van der Waals surface area contributed by atoms with Crippen LogP contribution < -0.4 is 10.2 Å². The Morgan fingerprint density at radius 3 is 2.15 bits per heavy atom. The molecule has 0 aliphatic carbocycles. The maximum absolute atomic E-state index is 13.9. The Balaban J connectivity index is 2.50. The van der Waals surface area contributed by atoms with Gasteiger partial charge in [-0.15, -0.1) is 0 Å². The van der Waals surface area contributed by atoms with Gasteiger partial charge in [0.15, 0.2) is 0 Å². The van der Waals surface area contributed by atoms with Gasteiger partial charge in [-0.1, -0.05) is 18.2 Å². The van der Waals surface area contributed by atoms with Crippen molar-refractivity contribution in [2.75, 3.05) is 26.0 Å². The lowest BCUT2D eigenvalue weighted by Gasteiger charge is -2.21. The van der Waals surface area contributed by atoms with Crippen molar-refractivity contribution in [1.29, 1.82) is 0 Å². The average Bonchev–Trinajstić information content (AvgIpc) is 2.43. The van der Waals surface area contributed by atoms with Crippen molar-refractivity contribution in [2.45, 2.75) is 6.04 Å². The molecule has 0 aliphatic rings. The monoisotopic (exact) mass is 276 g/mol. The second-order valence-corrected chi connectivity index (χ2v) is 4.85. The molecule has 0 amide bonds. The molecule has 1 N–H and O–H groups in total. The molecule has 106 valence electrons. The lowest BCUT2D eigenvalue weighted by Crippen LogP contribution is -2.21. The zero-order chi connectivity index (χ0) is 14.7. The Hall–Kier alpha value is -1.94. The first-order valence-corrected chi connectivity index (χ1v) is 6.43. The highest BCUT2D eigenvalue weighted by molar-refractivity contribution is 5.49. The van der Waals surface area contributed by atoms with Crippen molar-refractivity contribution >= 4 is 5.69 Å². The van der Waals surface area contributed by atoms with E-state index in [2.05, 4.69) is 5.32 Å². The third-order valence-corrected chi connectivity index (χ3v) is 3.30. The highest BCUT2D eigenvalue weighted by atomic mass is 19.1. The largest absolute Gasteiger partial charge is 0.378 e. The molecule has 2 aromatic carbocycles. The van der Waals surface area contributed by atoms with Crippen molar-refractivity contribution < 1.29 is 8.78 Å². The van der Waals surface area contributed by atoms with Crippen LogP contribution in [-0.2, 0) is 0 Å². The molecule has 2 nitrogen and oxygen atoms in total. The van der Waals surface area contributed by atoms with Gasteiger partial charge in [0.05, 0.1) is 6.04 Å². The summed E-state index contributed by atoms with van der Waals surface area (Å²) in [7, 11) is 5.55. The van der Waals surface area contributed by atoms with E-state index in [9.17, 15) is 8.78 Å². The maximum Gasteiger partial charge on any atom is 0.131 e. The van der Waals surface area contributed by atoms with E-state index in [1.165, 1.54) is 18.2 Å². The first-order chi connectivity index (χ1) is 9.54. The van der Waals surface area contributed by atoms with Gasteiger partial charge in [0.2, 0.25) is 0 Å². The Morgan fingerprint density at radius 1 is 1.00 bits per heavy atom. The summed E-state index contributed by atoms with van der Waals surface area (Å²) in [5.41, 5.74) is 1.85. The number of hydrogen-bond donors (Lipinski definition) is 1. The van der Waals surface area contributed by atoms with E-state index < -0.39 is 17.7 Å². The van der Waals surface area contributed by atoms with Crippen molar-refractivity contribution in [2.24, 2.45) is 0 Å². The topological polar surface area (TPSA) is 15.3 Å². The zero-order valence-corrected chi connectivity index (χ0v) is 11.8. The fraction of sp³-hybridized carbons (Fsp3) is 0.250. The number of anilines is 1. The molecule has 2 rings (SSSR count). The number of halogens is 2. The Bertz CT molecular complexity index is 577. The molecule has 0 aromatic heterocycles. The fourth-order valence-corrected chi connectivity index (χ4v) is 2.25. The smallest absolute Gasteiger partial charge is 0.131 e. The predicted molar refractivity (Wildman–Crippen MR) is 78.0 cm³/mol. The second-order valence-electron chi connectivity index (χ2n) is 4.85. The first-order valence-electron chi connectivity index (χ1n) is 6.43. The quantitative estimate of drug-likeness (QED) is 0.921. The second kappa shape index (κ2) is 6.01. The van der Waals surface area contributed by atoms with Gasteiger partial charge in [-0.25, -0.2) is 8.78 Å². The standard InChI is InChI=1S/C16H18F2N2/c1-19-16(15-13(17)8-5-9-14(15)18)11-6-4-7-12(10-11)20(2)3/h4-10,16,19H,1-3H3. The zero-order valence-electron chi connectivity index (χ0n) is 11.8. The normalized spacial score (nSPS) is 12.2. The highest BCUT2D eigenvalue weighted by Crippen LogP contribution is 2.28. The van der Waals surface area contributed by atoms with Crippen LogP contribution in [0.5, 0.6) is 0 Å². The van der Waals surface area contributed by atoms with Crippen LogP contribution in [0.1, 0.15) is 17.2 Å². The minimum absolute atomic E-state index is 0.0471. The highest BCUT2D eigenvalue weighted by Gasteiger charge is 2.20. The van der Waals surface area contributed by atoms with Gasteiger partial charge in [0.1, 0.15) is 11.6 Å². The van der Waals surface area contributed by atoms with Gasteiger partial charge in [-0.05, 0) is 36.9 Å². The molecule has 0 radical (unpaired) electrons. The molecule has 2 aromatic rings. The molecule has 0 bridgehead atoms. The maximum atomic E-state index is 13.9. The molecule has 4 heteroatoms. The number of hydrogen-bond acceptors (Lipinski definition) is 2. The van der Waals surface area contributed by atoms with E-state index in [0.717, 1.165) is 11.3 Å². The molecule has 0 heterocycles. The summed E-state index contributed by atoms with van der Waals surface area (Å²) in [6.07, 6.45) is 0. The Morgan fingerprint density at radius 2 is 1.60 bits per heavy atom. The Kier molecular flexibility index (Phi) is 4.35. The summed E-state index contributed by atoms with van der Waals surface area (Å²) in [4.78, 5) is 1.95. The van der Waals surface area contributed by atoms with Gasteiger partial charge >= 0.3 is 0 Å². The molecular formula is C16H18F2N2. The molecular weight excluding hydrogens is 258 g/mol. The predicted octanol–water partition coefficient (Wildman–Crippen LogP) is 3.34. The molecule has 1 unspecified atom stereocenters. The van der Waals surface area contributed by atoms with Crippen molar-refractivity contribution in [3.8, 4) is 0 Å². The summed E-state index contributed by atoms with van der Waals surface area (Å²) in [5.74, 6) is -1.08. The summed E-state index contributed by atoms with van der Waals surface area (Å²) in [5, 5.41) is 2.98. The van der Waals surface area contributed by atoms with Crippen molar-refractivity contribution in [3.63, 3.8) is 0 Å². The molecule has 0 saturated heterocycles. The molecule has 1 atom stereocenters. The lowest BCUT2D eigenvalue weighted by atomic mass is 9.97. The number of nitrogens with one attached hydrogen (secondary N) is 1. The van der Waals surface area contributed by atoms with Crippen molar-refractivity contribution in [3.05, 3.63) is 65.2 Å². The van der Waals surface area contributed by atoms with Crippen LogP contribution in [0.25, 0.3) is 0 Å². The van der Waals surface area contributed by atoms with Crippen LogP contribution in [0.2, 0.25) is 0 Å². The van der Waals surface area contributed by atoms with Crippen LogP contribution in [0.3, 0.4) is 0 Å². The minimum atomic E-state index is -0.542. The van der Waals surface area contributed by atoms with E-state index in [-0.39, 0.29) is 5.56 Å². The fourth-order valence-electron chi connectivity index (χ4n) is 2.25. The summed E-state index contributed by atoms with van der Waals surface area (Å²) in [6, 6.07) is 11.0. The first kappa shape index (κ1) is 14.5. The number of benzene rings is 2.